The van der Waals surface area contributed by atoms with Crippen LogP contribution in [0.3, 0.4) is 0 Å². The summed E-state index contributed by atoms with van der Waals surface area (Å²) in [7, 11) is 0. The molecule has 2 rings (SSSR count). The molecule has 0 aliphatic heterocycles. The SMILES string of the molecule is CCSc1cccnc1-c1ccc(OC(F)(F)[C@@H](F)NC(F)(F)F)cn1. The Balaban J connectivity index is 2.15. The highest BCUT2D eigenvalue weighted by atomic mass is 32.2. The zero-order valence-electron chi connectivity index (χ0n) is 13.2. The highest BCUT2D eigenvalue weighted by Crippen LogP contribution is 2.31. The number of alkyl halides is 6. The van der Waals surface area contributed by atoms with Crippen LogP contribution >= 0.6 is 11.8 Å². The molecule has 1 atom stereocenters. The summed E-state index contributed by atoms with van der Waals surface area (Å²) in [4.78, 5) is 8.90. The number of hydrogen-bond donors (Lipinski definition) is 1. The van der Waals surface area contributed by atoms with E-state index in [2.05, 4.69) is 14.7 Å². The van der Waals surface area contributed by atoms with Crippen LogP contribution < -0.4 is 10.1 Å². The van der Waals surface area contributed by atoms with E-state index >= 15 is 0 Å². The minimum Gasteiger partial charge on any atom is -0.428 e. The molecule has 11 heteroatoms. The molecule has 2 heterocycles. The smallest absolute Gasteiger partial charge is 0.428 e. The molecule has 0 spiro atoms. The molecule has 2 aromatic heterocycles. The normalized spacial score (nSPS) is 13.5. The first-order valence-corrected chi connectivity index (χ1v) is 8.20. The van der Waals surface area contributed by atoms with Crippen molar-refractivity contribution in [2.75, 3.05) is 5.75 Å². The van der Waals surface area contributed by atoms with Gasteiger partial charge in [-0.25, -0.2) is 4.39 Å². The summed E-state index contributed by atoms with van der Waals surface area (Å²) in [6, 6.07) is 5.89. The van der Waals surface area contributed by atoms with Crippen molar-refractivity contribution >= 4 is 11.8 Å². The summed E-state index contributed by atoms with van der Waals surface area (Å²) in [5.41, 5.74) is 0.863. The zero-order chi connectivity index (χ0) is 19.4. The number of thioether (sulfide) groups is 1. The van der Waals surface area contributed by atoms with Crippen LogP contribution in [0.25, 0.3) is 11.4 Å². The van der Waals surface area contributed by atoms with Gasteiger partial charge in [0.2, 0.25) is 0 Å². The highest BCUT2D eigenvalue weighted by Gasteiger charge is 2.48. The van der Waals surface area contributed by atoms with Crippen molar-refractivity contribution in [3.8, 4) is 17.1 Å². The Morgan fingerprint density at radius 2 is 1.88 bits per heavy atom. The predicted octanol–water partition coefficient (Wildman–Crippen LogP) is 4.63. The van der Waals surface area contributed by atoms with Gasteiger partial charge < -0.3 is 4.74 Å². The van der Waals surface area contributed by atoms with Crippen LogP contribution in [0.15, 0.2) is 41.6 Å². The third-order valence-corrected chi connectivity index (χ3v) is 3.82. The third-order valence-electron chi connectivity index (χ3n) is 2.89. The van der Waals surface area contributed by atoms with Gasteiger partial charge >= 0.3 is 12.4 Å². The van der Waals surface area contributed by atoms with Crippen molar-refractivity contribution < 1.29 is 31.1 Å². The Hall–Kier alpha value is -2.01. The standard InChI is InChI=1S/C15H13F6N3OS/c1-2-26-11-4-3-7-22-12(11)10-6-5-9(8-23-10)25-14(17,18)13(16)24-15(19,20)21/h3-8,13,24H,2H2,1H3/t13-/m0/s1. The molecule has 0 aromatic carbocycles. The second-order valence-corrected chi connectivity index (χ2v) is 6.14. The number of rotatable bonds is 7. The summed E-state index contributed by atoms with van der Waals surface area (Å²) in [5, 5.41) is 0.164. The van der Waals surface area contributed by atoms with Crippen LogP contribution in [-0.4, -0.2) is 34.4 Å². The summed E-state index contributed by atoms with van der Waals surface area (Å²) in [5.74, 6) is 0.182. The van der Waals surface area contributed by atoms with Crippen molar-refractivity contribution in [1.82, 2.24) is 15.3 Å². The van der Waals surface area contributed by atoms with E-state index in [0.717, 1.165) is 22.9 Å². The molecule has 0 fully saturated rings. The van der Waals surface area contributed by atoms with Gasteiger partial charge in [0, 0.05) is 11.1 Å². The monoisotopic (exact) mass is 397 g/mol. The molecule has 0 aliphatic carbocycles. The second kappa shape index (κ2) is 8.12. The van der Waals surface area contributed by atoms with Crippen molar-refractivity contribution in [1.29, 1.82) is 0 Å². The van der Waals surface area contributed by atoms with Gasteiger partial charge in [-0.3, -0.25) is 9.97 Å². The molecule has 0 aliphatic rings. The predicted molar refractivity (Wildman–Crippen MR) is 83.5 cm³/mol. The van der Waals surface area contributed by atoms with Gasteiger partial charge in [-0.1, -0.05) is 6.92 Å². The lowest BCUT2D eigenvalue weighted by Gasteiger charge is -2.23. The molecular formula is C15H13F6N3OS. The number of hydrogen-bond acceptors (Lipinski definition) is 5. The molecule has 0 amide bonds. The quantitative estimate of drug-likeness (QED) is 0.419. The first-order chi connectivity index (χ1) is 12.1. The van der Waals surface area contributed by atoms with E-state index in [1.54, 1.807) is 6.07 Å². The van der Waals surface area contributed by atoms with E-state index in [0.29, 0.717) is 11.4 Å². The van der Waals surface area contributed by atoms with Gasteiger partial charge in [0.05, 0.1) is 11.9 Å². The van der Waals surface area contributed by atoms with Crippen molar-refractivity contribution in [2.45, 2.75) is 30.5 Å². The van der Waals surface area contributed by atoms with Crippen LogP contribution in [0.5, 0.6) is 5.75 Å². The van der Waals surface area contributed by atoms with Crippen molar-refractivity contribution in [3.05, 3.63) is 36.7 Å². The first-order valence-electron chi connectivity index (χ1n) is 7.22. The summed E-state index contributed by atoms with van der Waals surface area (Å²) < 4.78 is 79.8. The third kappa shape index (κ3) is 5.49. The van der Waals surface area contributed by atoms with Crippen LogP contribution in [0.1, 0.15) is 6.92 Å². The van der Waals surface area contributed by atoms with Gasteiger partial charge in [-0.2, -0.15) is 27.3 Å². The summed E-state index contributed by atoms with van der Waals surface area (Å²) in [6.45, 7) is 1.94. The molecule has 1 N–H and O–H groups in total. The van der Waals surface area contributed by atoms with Crippen LogP contribution in [0, 0.1) is 0 Å². The first kappa shape index (κ1) is 20.3. The van der Waals surface area contributed by atoms with Gasteiger partial charge in [0.1, 0.15) is 11.4 Å². The van der Waals surface area contributed by atoms with Gasteiger partial charge in [-0.15, -0.1) is 11.8 Å². The van der Waals surface area contributed by atoms with Gasteiger partial charge in [0.15, 0.2) is 0 Å². The number of ether oxygens (including phenoxy) is 1. The Bertz CT molecular complexity index is 726. The minimum absolute atomic E-state index is 0.164. The number of pyridine rings is 2. The number of nitrogens with zero attached hydrogens (tertiary/aromatic N) is 2. The number of nitrogens with one attached hydrogen (secondary N) is 1. The molecule has 142 valence electrons. The molecular weight excluding hydrogens is 384 g/mol. The fourth-order valence-electron chi connectivity index (χ4n) is 1.87. The Labute approximate surface area is 149 Å². The highest BCUT2D eigenvalue weighted by molar-refractivity contribution is 7.99. The van der Waals surface area contributed by atoms with Crippen molar-refractivity contribution in [3.63, 3.8) is 0 Å². The lowest BCUT2D eigenvalue weighted by atomic mass is 10.2. The van der Waals surface area contributed by atoms with Crippen LogP contribution in [0.2, 0.25) is 0 Å². The molecule has 0 bridgehead atoms. The van der Waals surface area contributed by atoms with Crippen LogP contribution in [0.4, 0.5) is 26.3 Å². The maximum Gasteiger partial charge on any atom is 0.459 e. The zero-order valence-corrected chi connectivity index (χ0v) is 14.0. The molecule has 0 saturated carbocycles. The second-order valence-electron chi connectivity index (χ2n) is 4.83. The average Bonchev–Trinajstić information content (AvgIpc) is 2.55. The van der Waals surface area contributed by atoms with Gasteiger partial charge in [0.25, 0.3) is 6.30 Å². The van der Waals surface area contributed by atoms with Gasteiger partial charge in [-0.05, 0) is 30.0 Å². The minimum atomic E-state index is -5.32. The summed E-state index contributed by atoms with van der Waals surface area (Å²) >= 11 is 1.50. The molecule has 26 heavy (non-hydrogen) atoms. The molecule has 0 saturated heterocycles. The lowest BCUT2D eigenvalue weighted by Crippen LogP contribution is -2.51. The van der Waals surface area contributed by atoms with Crippen molar-refractivity contribution in [2.24, 2.45) is 0 Å². The molecule has 2 aromatic rings. The largest absolute Gasteiger partial charge is 0.459 e. The number of halogens is 6. The summed E-state index contributed by atoms with van der Waals surface area (Å²) in [6.07, 6.45) is -11.4. The number of aromatic nitrogens is 2. The Morgan fingerprint density at radius 3 is 2.46 bits per heavy atom. The maximum absolute atomic E-state index is 13.4. The van der Waals surface area contributed by atoms with E-state index in [4.69, 9.17) is 0 Å². The Kier molecular flexibility index (Phi) is 6.34. The molecule has 0 unspecified atom stereocenters. The molecule has 0 radical (unpaired) electrons. The average molecular weight is 397 g/mol. The maximum atomic E-state index is 13.4. The molecule has 4 nitrogen and oxygen atoms in total. The fourth-order valence-corrected chi connectivity index (χ4v) is 2.65. The van der Waals surface area contributed by atoms with E-state index in [-0.39, 0.29) is 5.32 Å². The van der Waals surface area contributed by atoms with E-state index < -0.39 is 24.5 Å². The topological polar surface area (TPSA) is 47.0 Å². The Morgan fingerprint density at radius 1 is 1.15 bits per heavy atom. The van der Waals surface area contributed by atoms with E-state index in [1.807, 2.05) is 13.0 Å². The fraction of sp³-hybridized carbons (Fsp3) is 0.333. The van der Waals surface area contributed by atoms with Crippen LogP contribution in [-0.2, 0) is 0 Å². The van der Waals surface area contributed by atoms with E-state index in [1.165, 1.54) is 24.0 Å². The lowest BCUT2D eigenvalue weighted by molar-refractivity contribution is -0.265. The van der Waals surface area contributed by atoms with E-state index in [9.17, 15) is 26.3 Å².